The van der Waals surface area contributed by atoms with E-state index in [0.29, 0.717) is 6.54 Å². The molecular weight excluding hydrogens is 226 g/mol. The Morgan fingerprint density at radius 3 is 2.50 bits per heavy atom. The second kappa shape index (κ2) is 4.48. The summed E-state index contributed by atoms with van der Waals surface area (Å²) in [5.41, 5.74) is 0.965. The lowest BCUT2D eigenvalue weighted by atomic mass is 10.1. The molecule has 1 fully saturated rings. The molecule has 88 valence electrons. The molecule has 1 aromatic heterocycles. The zero-order valence-electron chi connectivity index (χ0n) is 9.13. The summed E-state index contributed by atoms with van der Waals surface area (Å²) in [5, 5.41) is 3.08. The van der Waals surface area contributed by atoms with Crippen molar-refractivity contribution >= 4 is 10.0 Å². The van der Waals surface area contributed by atoms with Crippen LogP contribution in [0.3, 0.4) is 0 Å². The van der Waals surface area contributed by atoms with Gasteiger partial charge in [-0.2, -0.15) is 4.31 Å². The molecule has 1 N–H and O–H groups in total. The lowest BCUT2D eigenvalue weighted by molar-refractivity contribution is 0.237. The number of nitrogens with zero attached hydrogens (tertiary/aromatic N) is 2. The molecule has 2 rings (SSSR count). The molecule has 1 aromatic rings. The van der Waals surface area contributed by atoms with Crippen LogP contribution in [0.5, 0.6) is 0 Å². The van der Waals surface area contributed by atoms with Crippen LogP contribution in [0.4, 0.5) is 0 Å². The van der Waals surface area contributed by atoms with Crippen molar-refractivity contribution < 1.29 is 8.42 Å². The van der Waals surface area contributed by atoms with Crippen molar-refractivity contribution in [3.8, 4) is 0 Å². The number of hydrogen-bond acceptors (Lipinski definition) is 4. The Bertz CT molecular complexity index is 442. The second-order valence-corrected chi connectivity index (χ2v) is 5.91. The van der Waals surface area contributed by atoms with Gasteiger partial charge in [-0.25, -0.2) is 8.42 Å². The van der Waals surface area contributed by atoms with Gasteiger partial charge in [0.1, 0.15) is 0 Å². The largest absolute Gasteiger partial charge is 0.313 e. The molecule has 0 aromatic carbocycles. The lowest BCUT2D eigenvalue weighted by Gasteiger charge is -2.36. The molecule has 0 saturated carbocycles. The highest BCUT2D eigenvalue weighted by atomic mass is 32.2. The third kappa shape index (κ3) is 2.58. The summed E-state index contributed by atoms with van der Waals surface area (Å²) in [6.07, 6.45) is 4.61. The van der Waals surface area contributed by atoms with Crippen molar-refractivity contribution in [1.29, 1.82) is 0 Å². The first-order valence-electron chi connectivity index (χ1n) is 5.14. The van der Waals surface area contributed by atoms with Crippen LogP contribution >= 0.6 is 0 Å². The van der Waals surface area contributed by atoms with Crippen molar-refractivity contribution in [1.82, 2.24) is 14.6 Å². The molecule has 6 heteroatoms. The highest BCUT2D eigenvalue weighted by molar-refractivity contribution is 7.88. The quantitative estimate of drug-likeness (QED) is 0.794. The highest BCUT2D eigenvalue weighted by Gasteiger charge is 2.30. The predicted molar refractivity (Wildman–Crippen MR) is 61.3 cm³/mol. The van der Waals surface area contributed by atoms with Gasteiger partial charge >= 0.3 is 0 Å². The topological polar surface area (TPSA) is 62.3 Å². The van der Waals surface area contributed by atoms with Gasteiger partial charge in [0.15, 0.2) is 0 Å². The van der Waals surface area contributed by atoms with Crippen LogP contribution in [0.25, 0.3) is 0 Å². The summed E-state index contributed by atoms with van der Waals surface area (Å²) < 4.78 is 24.8. The van der Waals surface area contributed by atoms with Crippen LogP contribution < -0.4 is 5.32 Å². The van der Waals surface area contributed by atoms with E-state index < -0.39 is 10.0 Å². The van der Waals surface area contributed by atoms with Crippen molar-refractivity contribution in [2.45, 2.75) is 12.6 Å². The maximum atomic E-state index is 11.7. The van der Waals surface area contributed by atoms with E-state index in [1.165, 1.54) is 6.26 Å². The predicted octanol–water partition coefficient (Wildman–Crippen LogP) is -0.185. The first-order chi connectivity index (χ1) is 7.57. The maximum absolute atomic E-state index is 11.7. The Kier molecular flexibility index (Phi) is 3.22. The summed E-state index contributed by atoms with van der Waals surface area (Å²) in [7, 11) is -3.15. The molecule has 5 nitrogen and oxygen atoms in total. The van der Waals surface area contributed by atoms with E-state index in [0.717, 1.165) is 18.7 Å². The number of sulfonamides is 1. The highest BCUT2D eigenvalue weighted by Crippen LogP contribution is 2.14. The van der Waals surface area contributed by atoms with Gasteiger partial charge in [0.05, 0.1) is 12.3 Å². The molecule has 0 unspecified atom stereocenters. The van der Waals surface area contributed by atoms with E-state index in [9.17, 15) is 8.42 Å². The van der Waals surface area contributed by atoms with Gasteiger partial charge in [-0.05, 0) is 17.7 Å². The minimum Gasteiger partial charge on any atom is -0.313 e. The normalized spacial score (nSPS) is 17.4. The van der Waals surface area contributed by atoms with Crippen LogP contribution in [0.1, 0.15) is 5.56 Å². The van der Waals surface area contributed by atoms with E-state index in [4.69, 9.17) is 0 Å². The van der Waals surface area contributed by atoms with E-state index in [1.807, 2.05) is 12.1 Å². The van der Waals surface area contributed by atoms with E-state index in [1.54, 1.807) is 16.7 Å². The zero-order valence-corrected chi connectivity index (χ0v) is 9.94. The first-order valence-corrected chi connectivity index (χ1v) is 6.98. The molecule has 1 aliphatic rings. The monoisotopic (exact) mass is 241 g/mol. The number of rotatable bonds is 4. The third-order valence-corrected chi connectivity index (χ3v) is 3.96. The Morgan fingerprint density at radius 2 is 2.06 bits per heavy atom. The fourth-order valence-electron chi connectivity index (χ4n) is 1.66. The summed E-state index contributed by atoms with van der Waals surface area (Å²) >= 11 is 0. The molecule has 0 radical (unpaired) electrons. The van der Waals surface area contributed by atoms with Crippen LogP contribution in [0, 0.1) is 0 Å². The van der Waals surface area contributed by atoms with Crippen LogP contribution in [-0.2, 0) is 16.6 Å². The SMILES string of the molecule is CS(=O)(=O)N(Cc1ccncc1)C1CNC1. The fourth-order valence-corrected chi connectivity index (χ4v) is 2.74. The molecule has 16 heavy (non-hydrogen) atoms. The minimum atomic E-state index is -3.15. The molecular formula is C10H15N3O2S. The average molecular weight is 241 g/mol. The molecule has 0 atom stereocenters. The van der Waals surface area contributed by atoms with Gasteiger partial charge in [0, 0.05) is 32.0 Å². The van der Waals surface area contributed by atoms with Crippen LogP contribution in [-0.4, -0.2) is 43.1 Å². The first kappa shape index (κ1) is 11.5. The fraction of sp³-hybridized carbons (Fsp3) is 0.500. The molecule has 0 amide bonds. The molecule has 1 aliphatic heterocycles. The summed E-state index contributed by atoms with van der Waals surface area (Å²) in [6.45, 7) is 1.89. The Morgan fingerprint density at radius 1 is 1.44 bits per heavy atom. The zero-order chi connectivity index (χ0) is 11.6. The second-order valence-electron chi connectivity index (χ2n) is 3.98. The van der Waals surface area contributed by atoms with E-state index in [2.05, 4.69) is 10.3 Å². The Hall–Kier alpha value is -0.980. The number of hydrogen-bond donors (Lipinski definition) is 1. The number of pyridine rings is 1. The summed E-state index contributed by atoms with van der Waals surface area (Å²) in [4.78, 5) is 3.91. The Balaban J connectivity index is 2.14. The third-order valence-electron chi connectivity index (χ3n) is 2.68. The average Bonchev–Trinajstić information content (AvgIpc) is 2.14. The lowest BCUT2D eigenvalue weighted by Crippen LogP contribution is -2.58. The number of aromatic nitrogens is 1. The van der Waals surface area contributed by atoms with Gasteiger partial charge in [-0.1, -0.05) is 0 Å². The number of nitrogens with one attached hydrogen (secondary N) is 1. The summed E-state index contributed by atoms with van der Waals surface area (Å²) in [6, 6.07) is 3.76. The smallest absolute Gasteiger partial charge is 0.211 e. The van der Waals surface area contributed by atoms with Crippen LogP contribution in [0.15, 0.2) is 24.5 Å². The standard InChI is InChI=1S/C10H15N3O2S/c1-16(14,15)13(10-6-12-7-10)8-9-2-4-11-5-3-9/h2-5,10,12H,6-8H2,1H3. The molecule has 0 aliphatic carbocycles. The molecule has 0 spiro atoms. The van der Waals surface area contributed by atoms with Gasteiger partial charge < -0.3 is 5.32 Å². The van der Waals surface area contributed by atoms with Crippen molar-refractivity contribution in [2.24, 2.45) is 0 Å². The van der Waals surface area contributed by atoms with Crippen LogP contribution in [0.2, 0.25) is 0 Å². The van der Waals surface area contributed by atoms with Gasteiger partial charge in [0.2, 0.25) is 10.0 Å². The van der Waals surface area contributed by atoms with Gasteiger partial charge in [-0.15, -0.1) is 0 Å². The minimum absolute atomic E-state index is 0.0863. The molecule has 2 heterocycles. The van der Waals surface area contributed by atoms with Crippen molar-refractivity contribution in [2.75, 3.05) is 19.3 Å². The van der Waals surface area contributed by atoms with Crippen molar-refractivity contribution in [3.63, 3.8) is 0 Å². The van der Waals surface area contributed by atoms with Gasteiger partial charge in [-0.3, -0.25) is 4.98 Å². The maximum Gasteiger partial charge on any atom is 0.211 e. The van der Waals surface area contributed by atoms with Gasteiger partial charge in [0.25, 0.3) is 0 Å². The Labute approximate surface area is 95.5 Å². The summed E-state index contributed by atoms with van der Waals surface area (Å²) in [5.74, 6) is 0. The van der Waals surface area contributed by atoms with Crippen molar-refractivity contribution in [3.05, 3.63) is 30.1 Å². The molecule has 1 saturated heterocycles. The van der Waals surface area contributed by atoms with E-state index in [-0.39, 0.29) is 6.04 Å². The molecule has 0 bridgehead atoms. The van der Waals surface area contributed by atoms with E-state index >= 15 is 0 Å².